The van der Waals surface area contributed by atoms with Crippen LogP contribution in [-0.4, -0.2) is 27.8 Å². The molecular weight excluding hydrogens is 286 g/mol. The maximum absolute atomic E-state index is 12.2. The first-order chi connectivity index (χ1) is 10.1. The van der Waals surface area contributed by atoms with Crippen molar-refractivity contribution in [1.82, 2.24) is 14.9 Å². The molecule has 3 rings (SSSR count). The van der Waals surface area contributed by atoms with Crippen molar-refractivity contribution in [3.8, 4) is 0 Å². The van der Waals surface area contributed by atoms with E-state index in [-0.39, 0.29) is 11.5 Å². The maximum atomic E-state index is 12.2. The molecule has 0 unspecified atom stereocenters. The lowest BCUT2D eigenvalue weighted by molar-refractivity contribution is -0.131. The molecule has 1 aliphatic carbocycles. The van der Waals surface area contributed by atoms with Crippen molar-refractivity contribution in [2.75, 3.05) is 7.05 Å². The summed E-state index contributed by atoms with van der Waals surface area (Å²) in [5.41, 5.74) is 0.581. The standard InChI is InChI=1S/C15H19N3O2S/c1-18(13(19)8-10-4-2-3-5-10)9-12-16-11-6-7-21-14(11)15(20)17-12/h6-7,10H,2-5,8-9H2,1H3,(H,16,17,20). The van der Waals surface area contributed by atoms with Crippen LogP contribution in [-0.2, 0) is 11.3 Å². The van der Waals surface area contributed by atoms with Gasteiger partial charge < -0.3 is 9.88 Å². The van der Waals surface area contributed by atoms with Gasteiger partial charge in [-0.05, 0) is 30.2 Å². The van der Waals surface area contributed by atoms with Crippen molar-refractivity contribution in [3.05, 3.63) is 27.6 Å². The Hall–Kier alpha value is -1.69. The summed E-state index contributed by atoms with van der Waals surface area (Å²) in [6.07, 6.45) is 5.42. The molecule has 0 spiro atoms. The second kappa shape index (κ2) is 5.97. The molecule has 1 amide bonds. The largest absolute Gasteiger partial charge is 0.338 e. The minimum absolute atomic E-state index is 0.123. The highest BCUT2D eigenvalue weighted by molar-refractivity contribution is 7.17. The Bertz CT molecular complexity index is 700. The van der Waals surface area contributed by atoms with Crippen molar-refractivity contribution >= 4 is 27.5 Å². The van der Waals surface area contributed by atoms with Gasteiger partial charge in [-0.2, -0.15) is 0 Å². The average molecular weight is 305 g/mol. The zero-order chi connectivity index (χ0) is 14.8. The van der Waals surface area contributed by atoms with Crippen LogP contribution in [0, 0.1) is 5.92 Å². The van der Waals surface area contributed by atoms with Gasteiger partial charge in [-0.3, -0.25) is 9.59 Å². The van der Waals surface area contributed by atoms with Crippen molar-refractivity contribution in [1.29, 1.82) is 0 Å². The fourth-order valence-electron chi connectivity index (χ4n) is 2.93. The van der Waals surface area contributed by atoms with Gasteiger partial charge in [0.25, 0.3) is 5.56 Å². The number of aromatic nitrogens is 2. The molecule has 2 aromatic heterocycles. The van der Waals surface area contributed by atoms with Gasteiger partial charge in [-0.1, -0.05) is 12.8 Å². The van der Waals surface area contributed by atoms with Gasteiger partial charge in [0.1, 0.15) is 10.5 Å². The topological polar surface area (TPSA) is 66.1 Å². The molecule has 1 N–H and O–H groups in total. The van der Waals surface area contributed by atoms with E-state index in [0.29, 0.717) is 34.9 Å². The third kappa shape index (κ3) is 3.15. The van der Waals surface area contributed by atoms with Crippen LogP contribution < -0.4 is 5.56 Å². The number of H-pyrrole nitrogens is 1. The lowest BCUT2D eigenvalue weighted by Gasteiger charge is -2.18. The number of fused-ring (bicyclic) bond motifs is 1. The molecule has 1 aliphatic rings. The molecule has 0 saturated heterocycles. The second-order valence-electron chi connectivity index (χ2n) is 5.75. The van der Waals surface area contributed by atoms with Crippen LogP contribution >= 0.6 is 11.3 Å². The normalized spacial score (nSPS) is 15.7. The van der Waals surface area contributed by atoms with E-state index in [1.54, 1.807) is 11.9 Å². The summed E-state index contributed by atoms with van der Waals surface area (Å²) >= 11 is 1.38. The van der Waals surface area contributed by atoms with Crippen LogP contribution in [0.1, 0.15) is 37.9 Å². The molecule has 0 atom stereocenters. The number of nitrogens with one attached hydrogen (secondary N) is 1. The number of carbonyl (C=O) groups excluding carboxylic acids is 1. The first-order valence-electron chi connectivity index (χ1n) is 7.34. The van der Waals surface area contributed by atoms with Crippen LogP contribution in [0.5, 0.6) is 0 Å². The van der Waals surface area contributed by atoms with Crippen LogP contribution in [0.3, 0.4) is 0 Å². The quantitative estimate of drug-likeness (QED) is 0.944. The smallest absolute Gasteiger partial charge is 0.268 e. The Balaban J connectivity index is 1.68. The van der Waals surface area contributed by atoms with Gasteiger partial charge in [-0.25, -0.2) is 4.98 Å². The van der Waals surface area contributed by atoms with Gasteiger partial charge in [0.05, 0.1) is 12.1 Å². The number of hydrogen-bond donors (Lipinski definition) is 1. The van der Waals surface area contributed by atoms with E-state index < -0.39 is 0 Å². The van der Waals surface area contributed by atoms with Gasteiger partial charge in [0.15, 0.2) is 0 Å². The van der Waals surface area contributed by atoms with Crippen molar-refractivity contribution in [2.45, 2.75) is 38.6 Å². The molecule has 1 saturated carbocycles. The number of carbonyl (C=O) groups is 1. The lowest BCUT2D eigenvalue weighted by atomic mass is 10.0. The van der Waals surface area contributed by atoms with E-state index >= 15 is 0 Å². The summed E-state index contributed by atoms with van der Waals surface area (Å²) < 4.78 is 0.638. The summed E-state index contributed by atoms with van der Waals surface area (Å²) in [5.74, 6) is 1.22. The molecule has 1 fully saturated rings. The molecule has 5 nitrogen and oxygen atoms in total. The SMILES string of the molecule is CN(Cc1nc2ccsc2c(=O)[nH]1)C(=O)CC1CCCC1. The fraction of sp³-hybridized carbons (Fsp3) is 0.533. The third-order valence-electron chi connectivity index (χ3n) is 4.11. The van der Waals surface area contributed by atoms with E-state index in [4.69, 9.17) is 0 Å². The van der Waals surface area contributed by atoms with E-state index in [9.17, 15) is 9.59 Å². The van der Waals surface area contributed by atoms with Crippen LogP contribution in [0.4, 0.5) is 0 Å². The number of hydrogen-bond acceptors (Lipinski definition) is 4. The highest BCUT2D eigenvalue weighted by atomic mass is 32.1. The van der Waals surface area contributed by atoms with Gasteiger partial charge in [0, 0.05) is 13.5 Å². The molecule has 2 heterocycles. The summed E-state index contributed by atoms with van der Waals surface area (Å²) in [6.45, 7) is 0.354. The molecule has 0 bridgehead atoms. The molecule has 6 heteroatoms. The Morgan fingerprint density at radius 3 is 3.00 bits per heavy atom. The Morgan fingerprint density at radius 2 is 2.24 bits per heavy atom. The van der Waals surface area contributed by atoms with Crippen molar-refractivity contribution in [3.63, 3.8) is 0 Å². The molecule has 0 aromatic carbocycles. The number of aromatic amines is 1. The summed E-state index contributed by atoms with van der Waals surface area (Å²) in [6, 6.07) is 1.83. The minimum Gasteiger partial charge on any atom is -0.338 e. The first kappa shape index (κ1) is 14.3. The molecule has 2 aromatic rings. The van der Waals surface area contributed by atoms with E-state index in [1.165, 1.54) is 24.2 Å². The van der Waals surface area contributed by atoms with Crippen molar-refractivity contribution < 1.29 is 4.79 Å². The highest BCUT2D eigenvalue weighted by Gasteiger charge is 2.21. The van der Waals surface area contributed by atoms with Crippen LogP contribution in [0.15, 0.2) is 16.2 Å². The summed E-state index contributed by atoms with van der Waals surface area (Å²) in [5, 5.41) is 1.85. The molecule has 0 radical (unpaired) electrons. The highest BCUT2D eigenvalue weighted by Crippen LogP contribution is 2.28. The zero-order valence-corrected chi connectivity index (χ0v) is 12.9. The van der Waals surface area contributed by atoms with Crippen molar-refractivity contribution in [2.24, 2.45) is 5.92 Å². The molecule has 0 aliphatic heterocycles. The number of nitrogens with zero attached hydrogens (tertiary/aromatic N) is 2. The molecular formula is C15H19N3O2S. The number of amides is 1. The monoisotopic (exact) mass is 305 g/mol. The Kier molecular flexibility index (Phi) is 4.05. The third-order valence-corrected chi connectivity index (χ3v) is 5.02. The van der Waals surface area contributed by atoms with Crippen LogP contribution in [0.25, 0.3) is 10.2 Å². The summed E-state index contributed by atoms with van der Waals surface area (Å²) in [7, 11) is 1.77. The Labute approximate surface area is 127 Å². The van der Waals surface area contributed by atoms with E-state index in [0.717, 1.165) is 12.8 Å². The maximum Gasteiger partial charge on any atom is 0.268 e. The Morgan fingerprint density at radius 1 is 1.48 bits per heavy atom. The number of rotatable bonds is 4. The number of thiophene rings is 1. The minimum atomic E-state index is -0.123. The van der Waals surface area contributed by atoms with Crippen LogP contribution in [0.2, 0.25) is 0 Å². The summed E-state index contributed by atoms with van der Waals surface area (Å²) in [4.78, 5) is 33.0. The average Bonchev–Trinajstić information content (AvgIpc) is 3.09. The van der Waals surface area contributed by atoms with Gasteiger partial charge >= 0.3 is 0 Å². The fourth-order valence-corrected chi connectivity index (χ4v) is 3.65. The predicted octanol–water partition coefficient (Wildman–Crippen LogP) is 2.52. The molecule has 21 heavy (non-hydrogen) atoms. The van der Waals surface area contributed by atoms with E-state index in [1.807, 2.05) is 11.4 Å². The van der Waals surface area contributed by atoms with Gasteiger partial charge in [0.2, 0.25) is 5.91 Å². The lowest BCUT2D eigenvalue weighted by Crippen LogP contribution is -2.29. The zero-order valence-electron chi connectivity index (χ0n) is 12.1. The van der Waals surface area contributed by atoms with Gasteiger partial charge in [-0.15, -0.1) is 11.3 Å². The molecule has 112 valence electrons. The predicted molar refractivity (Wildman–Crippen MR) is 83.3 cm³/mol. The van der Waals surface area contributed by atoms with E-state index in [2.05, 4.69) is 9.97 Å². The second-order valence-corrected chi connectivity index (χ2v) is 6.67. The first-order valence-corrected chi connectivity index (χ1v) is 8.22.